The minimum absolute atomic E-state index is 0.0378. The van der Waals surface area contributed by atoms with Crippen molar-refractivity contribution >= 4 is 11.4 Å². The predicted molar refractivity (Wildman–Crippen MR) is 85.1 cm³/mol. The second-order valence-electron chi connectivity index (χ2n) is 5.66. The molecule has 1 N–H and O–H groups in total. The number of hydrogen-bond acceptors (Lipinski definition) is 5. The maximum atomic E-state index is 11.0. The molecular weight excluding hydrogens is 270 g/mol. The molecule has 6 nitrogen and oxygen atoms in total. The first kappa shape index (κ1) is 17.2. The lowest BCUT2D eigenvalue weighted by atomic mass is 10.0. The highest BCUT2D eigenvalue weighted by molar-refractivity contribution is 5.57. The van der Waals surface area contributed by atoms with E-state index in [1.165, 1.54) is 6.07 Å². The molecule has 0 heterocycles. The lowest BCUT2D eigenvalue weighted by Gasteiger charge is -2.26. The average Bonchev–Trinajstić information content (AvgIpc) is 2.37. The number of benzene rings is 1. The summed E-state index contributed by atoms with van der Waals surface area (Å²) in [5.74, 6) is 0.920. The molecule has 0 aliphatic carbocycles. The van der Waals surface area contributed by atoms with E-state index in [1.54, 1.807) is 6.07 Å². The standard InChI is InChI=1S/C15H25N3O3/c1-6-21-14-8-12(7-13(9-14)18(19)20)16-15(11(2)3)10-17(4)5/h7-9,11,15-16H,6,10H2,1-5H3. The normalized spacial score (nSPS) is 12.5. The highest BCUT2D eigenvalue weighted by atomic mass is 16.6. The van der Waals surface area contributed by atoms with Crippen LogP contribution in [0.2, 0.25) is 0 Å². The Morgan fingerprint density at radius 2 is 2.00 bits per heavy atom. The average molecular weight is 295 g/mol. The lowest BCUT2D eigenvalue weighted by Crippen LogP contribution is -2.36. The van der Waals surface area contributed by atoms with Crippen molar-refractivity contribution in [3.8, 4) is 5.75 Å². The molecule has 1 atom stereocenters. The number of non-ortho nitro benzene ring substituents is 1. The number of rotatable bonds is 8. The maximum absolute atomic E-state index is 11.0. The second-order valence-corrected chi connectivity index (χ2v) is 5.66. The first-order chi connectivity index (χ1) is 9.83. The Balaban J connectivity index is 3.01. The van der Waals surface area contributed by atoms with Gasteiger partial charge in [-0.3, -0.25) is 10.1 Å². The second kappa shape index (κ2) is 7.83. The summed E-state index contributed by atoms with van der Waals surface area (Å²) in [6, 6.07) is 5.01. The lowest BCUT2D eigenvalue weighted by molar-refractivity contribution is -0.384. The van der Waals surface area contributed by atoms with Crippen LogP contribution in [-0.4, -0.2) is 43.1 Å². The number of nitrogens with one attached hydrogen (secondary N) is 1. The Labute approximate surface area is 126 Å². The number of likely N-dealkylation sites (N-methyl/N-ethyl adjacent to an activating group) is 1. The molecule has 0 aliphatic rings. The number of anilines is 1. The Morgan fingerprint density at radius 3 is 2.48 bits per heavy atom. The highest BCUT2D eigenvalue weighted by Crippen LogP contribution is 2.27. The fourth-order valence-electron chi connectivity index (χ4n) is 2.05. The van der Waals surface area contributed by atoms with Crippen LogP contribution in [0.15, 0.2) is 18.2 Å². The van der Waals surface area contributed by atoms with Gasteiger partial charge in [-0.1, -0.05) is 13.8 Å². The third kappa shape index (κ3) is 5.59. The van der Waals surface area contributed by atoms with Crippen LogP contribution in [0.25, 0.3) is 0 Å². The molecule has 6 heteroatoms. The van der Waals surface area contributed by atoms with Crippen molar-refractivity contribution in [1.82, 2.24) is 4.90 Å². The van der Waals surface area contributed by atoms with Crippen molar-refractivity contribution in [2.45, 2.75) is 26.8 Å². The molecule has 118 valence electrons. The Hall–Kier alpha value is -1.82. The molecule has 0 aromatic heterocycles. The molecule has 0 radical (unpaired) electrons. The molecular formula is C15H25N3O3. The smallest absolute Gasteiger partial charge is 0.275 e. The van der Waals surface area contributed by atoms with Gasteiger partial charge in [-0.15, -0.1) is 0 Å². The van der Waals surface area contributed by atoms with Gasteiger partial charge in [0.2, 0.25) is 0 Å². The van der Waals surface area contributed by atoms with E-state index >= 15 is 0 Å². The maximum Gasteiger partial charge on any atom is 0.275 e. The first-order valence-corrected chi connectivity index (χ1v) is 7.17. The molecule has 0 spiro atoms. The Morgan fingerprint density at radius 1 is 1.33 bits per heavy atom. The van der Waals surface area contributed by atoms with E-state index in [2.05, 4.69) is 24.1 Å². The van der Waals surface area contributed by atoms with Crippen molar-refractivity contribution in [3.63, 3.8) is 0 Å². The van der Waals surface area contributed by atoms with Crippen LogP contribution in [0, 0.1) is 16.0 Å². The number of nitro benzene ring substituents is 1. The monoisotopic (exact) mass is 295 g/mol. The van der Waals surface area contributed by atoms with Crippen LogP contribution < -0.4 is 10.1 Å². The van der Waals surface area contributed by atoms with E-state index in [0.29, 0.717) is 24.0 Å². The van der Waals surface area contributed by atoms with Gasteiger partial charge >= 0.3 is 0 Å². The summed E-state index contributed by atoms with van der Waals surface area (Å²) in [6.45, 7) is 7.44. The third-order valence-corrected chi connectivity index (χ3v) is 3.13. The summed E-state index contributed by atoms with van der Waals surface area (Å²) in [7, 11) is 4.02. The first-order valence-electron chi connectivity index (χ1n) is 7.17. The molecule has 0 fully saturated rings. The van der Waals surface area contributed by atoms with Gasteiger partial charge in [-0.05, 0) is 26.9 Å². The van der Waals surface area contributed by atoms with Crippen molar-refractivity contribution in [2.24, 2.45) is 5.92 Å². The summed E-state index contributed by atoms with van der Waals surface area (Å²) in [6.07, 6.45) is 0. The Kier molecular flexibility index (Phi) is 6.42. The quantitative estimate of drug-likeness (QED) is 0.590. The zero-order valence-electron chi connectivity index (χ0n) is 13.4. The van der Waals surface area contributed by atoms with Gasteiger partial charge < -0.3 is 15.0 Å². The minimum Gasteiger partial charge on any atom is -0.494 e. The fourth-order valence-corrected chi connectivity index (χ4v) is 2.05. The van der Waals surface area contributed by atoms with Crippen LogP contribution in [0.3, 0.4) is 0 Å². The molecule has 1 rings (SSSR count). The topological polar surface area (TPSA) is 67.6 Å². The van der Waals surface area contributed by atoms with Crippen LogP contribution in [-0.2, 0) is 0 Å². The molecule has 21 heavy (non-hydrogen) atoms. The van der Waals surface area contributed by atoms with E-state index in [4.69, 9.17) is 4.74 Å². The molecule has 0 amide bonds. The van der Waals surface area contributed by atoms with Crippen LogP contribution in [0.4, 0.5) is 11.4 Å². The van der Waals surface area contributed by atoms with Gasteiger partial charge in [-0.25, -0.2) is 0 Å². The molecule has 1 unspecified atom stereocenters. The fraction of sp³-hybridized carbons (Fsp3) is 0.600. The summed E-state index contributed by atoms with van der Waals surface area (Å²) in [5.41, 5.74) is 0.754. The van der Waals surface area contributed by atoms with Crippen molar-refractivity contribution in [1.29, 1.82) is 0 Å². The van der Waals surface area contributed by atoms with Crippen LogP contribution in [0.5, 0.6) is 5.75 Å². The van der Waals surface area contributed by atoms with Gasteiger partial charge in [0.1, 0.15) is 5.75 Å². The van der Waals surface area contributed by atoms with Crippen LogP contribution >= 0.6 is 0 Å². The van der Waals surface area contributed by atoms with Crippen LogP contribution in [0.1, 0.15) is 20.8 Å². The zero-order valence-corrected chi connectivity index (χ0v) is 13.4. The molecule has 0 bridgehead atoms. The van der Waals surface area contributed by atoms with E-state index < -0.39 is 4.92 Å². The van der Waals surface area contributed by atoms with E-state index in [-0.39, 0.29) is 11.7 Å². The summed E-state index contributed by atoms with van der Waals surface area (Å²) < 4.78 is 5.41. The molecule has 1 aromatic carbocycles. The van der Waals surface area contributed by atoms with E-state index in [9.17, 15) is 10.1 Å². The van der Waals surface area contributed by atoms with E-state index in [0.717, 1.165) is 6.54 Å². The molecule has 1 aromatic rings. The van der Waals surface area contributed by atoms with Gasteiger partial charge in [-0.2, -0.15) is 0 Å². The largest absolute Gasteiger partial charge is 0.494 e. The highest BCUT2D eigenvalue weighted by Gasteiger charge is 2.17. The van der Waals surface area contributed by atoms with Gasteiger partial charge in [0.05, 0.1) is 17.6 Å². The predicted octanol–water partition coefficient (Wildman–Crippen LogP) is 2.99. The zero-order chi connectivity index (χ0) is 16.0. The van der Waals surface area contributed by atoms with Crippen molar-refractivity contribution < 1.29 is 9.66 Å². The van der Waals surface area contributed by atoms with Crippen molar-refractivity contribution in [2.75, 3.05) is 32.6 Å². The molecule has 0 saturated carbocycles. The summed E-state index contributed by atoms with van der Waals surface area (Å²) >= 11 is 0. The summed E-state index contributed by atoms with van der Waals surface area (Å²) in [5, 5.41) is 14.4. The van der Waals surface area contributed by atoms with Crippen molar-refractivity contribution in [3.05, 3.63) is 28.3 Å². The third-order valence-electron chi connectivity index (χ3n) is 3.13. The number of hydrogen-bond donors (Lipinski definition) is 1. The number of ether oxygens (including phenoxy) is 1. The van der Waals surface area contributed by atoms with E-state index in [1.807, 2.05) is 27.1 Å². The number of nitrogens with zero attached hydrogens (tertiary/aromatic N) is 2. The Bertz CT molecular complexity index is 475. The molecule has 0 aliphatic heterocycles. The minimum atomic E-state index is -0.399. The van der Waals surface area contributed by atoms with Gasteiger partial charge in [0.25, 0.3) is 5.69 Å². The summed E-state index contributed by atoms with van der Waals surface area (Å²) in [4.78, 5) is 12.7. The number of nitro groups is 1. The molecule has 0 saturated heterocycles. The van der Waals surface area contributed by atoms with Gasteiger partial charge in [0.15, 0.2) is 0 Å². The van der Waals surface area contributed by atoms with Gasteiger partial charge in [0, 0.05) is 30.4 Å². The SMILES string of the molecule is CCOc1cc(NC(CN(C)C)C(C)C)cc([N+](=O)[O-])c1.